The Hall–Kier alpha value is -0.820. The Morgan fingerprint density at radius 1 is 1.60 bits per heavy atom. The predicted molar refractivity (Wildman–Crippen MR) is 65.8 cm³/mol. The molecule has 1 heteroatoms. The van der Waals surface area contributed by atoms with Crippen molar-refractivity contribution in [2.75, 3.05) is 13.7 Å². The Balaban J connectivity index is 2.34. The molecule has 1 rings (SSSR count). The molecule has 0 amide bonds. The molecule has 2 atom stereocenters. The van der Waals surface area contributed by atoms with Gasteiger partial charge in [-0.1, -0.05) is 44.2 Å². The molecular weight excluding hydrogens is 184 g/mol. The summed E-state index contributed by atoms with van der Waals surface area (Å²) in [7, 11) is 1.76. The van der Waals surface area contributed by atoms with Crippen molar-refractivity contribution < 1.29 is 4.74 Å². The van der Waals surface area contributed by atoms with Gasteiger partial charge in [0.2, 0.25) is 0 Å². The molecule has 15 heavy (non-hydrogen) atoms. The van der Waals surface area contributed by atoms with Gasteiger partial charge in [-0.25, -0.2) is 0 Å². The van der Waals surface area contributed by atoms with Crippen LogP contribution in [0.15, 0.2) is 36.0 Å². The maximum absolute atomic E-state index is 5.10. The Labute approximate surface area is 93.5 Å². The van der Waals surface area contributed by atoms with Crippen molar-refractivity contribution in [3.63, 3.8) is 0 Å². The standard InChI is InChI=1S/C14H22O/c1-12-6-4-8-14(10-12)9-5-7-13(2)11-15-3/h4-5,8-10,12-13H,6-7,11H2,1-3H3/b9-5+/t12?,13-/m0/s1. The van der Waals surface area contributed by atoms with Gasteiger partial charge in [-0.3, -0.25) is 0 Å². The van der Waals surface area contributed by atoms with Gasteiger partial charge in [-0.05, 0) is 30.3 Å². The van der Waals surface area contributed by atoms with Crippen molar-refractivity contribution in [3.05, 3.63) is 36.0 Å². The zero-order valence-electron chi connectivity index (χ0n) is 10.1. The molecule has 1 nitrogen and oxygen atoms in total. The van der Waals surface area contributed by atoms with E-state index in [4.69, 9.17) is 4.74 Å². The molecule has 0 radical (unpaired) electrons. The van der Waals surface area contributed by atoms with Crippen molar-refractivity contribution in [1.82, 2.24) is 0 Å². The first-order chi connectivity index (χ1) is 7.22. The topological polar surface area (TPSA) is 9.23 Å². The van der Waals surface area contributed by atoms with Crippen molar-refractivity contribution >= 4 is 0 Å². The minimum atomic E-state index is 0.608. The minimum Gasteiger partial charge on any atom is -0.384 e. The molecule has 0 spiro atoms. The smallest absolute Gasteiger partial charge is 0.0490 e. The third-order valence-corrected chi connectivity index (χ3v) is 2.60. The Bertz CT molecular complexity index is 261. The second-order valence-electron chi connectivity index (χ2n) is 4.48. The summed E-state index contributed by atoms with van der Waals surface area (Å²) >= 11 is 0. The Morgan fingerprint density at radius 3 is 3.07 bits per heavy atom. The van der Waals surface area contributed by atoms with Crippen LogP contribution < -0.4 is 0 Å². The molecule has 0 aromatic heterocycles. The first kappa shape index (κ1) is 12.3. The summed E-state index contributed by atoms with van der Waals surface area (Å²) in [6.45, 7) is 5.31. The second-order valence-corrected chi connectivity index (χ2v) is 4.48. The van der Waals surface area contributed by atoms with E-state index in [0.29, 0.717) is 11.8 Å². The average molecular weight is 206 g/mol. The van der Waals surface area contributed by atoms with Crippen molar-refractivity contribution in [2.24, 2.45) is 11.8 Å². The van der Waals surface area contributed by atoms with Crippen LogP contribution in [-0.4, -0.2) is 13.7 Å². The SMILES string of the molecule is COC[C@@H](C)C/C=C/C1=CC(C)CC=C1. The lowest BCUT2D eigenvalue weighted by molar-refractivity contribution is 0.161. The highest BCUT2D eigenvalue weighted by atomic mass is 16.5. The first-order valence-electron chi connectivity index (χ1n) is 5.76. The predicted octanol–water partition coefficient (Wildman–Crippen LogP) is 3.74. The van der Waals surface area contributed by atoms with Gasteiger partial charge >= 0.3 is 0 Å². The van der Waals surface area contributed by atoms with E-state index in [9.17, 15) is 0 Å². The molecule has 0 heterocycles. The van der Waals surface area contributed by atoms with Crippen molar-refractivity contribution in [3.8, 4) is 0 Å². The number of rotatable bonds is 5. The van der Waals surface area contributed by atoms with E-state index in [-0.39, 0.29) is 0 Å². The normalized spacial score (nSPS) is 23.1. The molecule has 0 N–H and O–H groups in total. The lowest BCUT2D eigenvalue weighted by atomic mass is 9.97. The highest BCUT2D eigenvalue weighted by Gasteiger charge is 2.01. The van der Waals surface area contributed by atoms with Crippen LogP contribution in [0.1, 0.15) is 26.7 Å². The van der Waals surface area contributed by atoms with Crippen LogP contribution in [-0.2, 0) is 4.74 Å². The molecule has 0 fully saturated rings. The van der Waals surface area contributed by atoms with Gasteiger partial charge in [-0.2, -0.15) is 0 Å². The van der Waals surface area contributed by atoms with E-state index in [2.05, 4.69) is 44.2 Å². The van der Waals surface area contributed by atoms with Gasteiger partial charge in [0.25, 0.3) is 0 Å². The Kier molecular flexibility index (Phi) is 5.41. The van der Waals surface area contributed by atoms with Crippen LogP contribution in [0, 0.1) is 11.8 Å². The van der Waals surface area contributed by atoms with Gasteiger partial charge < -0.3 is 4.74 Å². The van der Waals surface area contributed by atoms with Crippen LogP contribution in [0.25, 0.3) is 0 Å². The van der Waals surface area contributed by atoms with Crippen LogP contribution in [0.4, 0.5) is 0 Å². The van der Waals surface area contributed by atoms with Gasteiger partial charge in [0.15, 0.2) is 0 Å². The zero-order chi connectivity index (χ0) is 11.1. The summed E-state index contributed by atoms with van der Waals surface area (Å²) in [6.07, 6.45) is 13.5. The van der Waals surface area contributed by atoms with Crippen LogP contribution >= 0.6 is 0 Å². The van der Waals surface area contributed by atoms with Crippen LogP contribution in [0.3, 0.4) is 0 Å². The monoisotopic (exact) mass is 206 g/mol. The van der Waals surface area contributed by atoms with Gasteiger partial charge in [0.05, 0.1) is 0 Å². The summed E-state index contributed by atoms with van der Waals surface area (Å²) in [5, 5.41) is 0. The molecule has 1 aliphatic carbocycles. The van der Waals surface area contributed by atoms with E-state index in [1.165, 1.54) is 12.0 Å². The van der Waals surface area contributed by atoms with Gasteiger partial charge in [0, 0.05) is 13.7 Å². The van der Waals surface area contributed by atoms with Crippen LogP contribution in [0.2, 0.25) is 0 Å². The molecule has 84 valence electrons. The van der Waals surface area contributed by atoms with E-state index >= 15 is 0 Å². The third-order valence-electron chi connectivity index (χ3n) is 2.60. The fourth-order valence-corrected chi connectivity index (χ4v) is 1.77. The lowest BCUT2D eigenvalue weighted by Gasteiger charge is -2.09. The summed E-state index contributed by atoms with van der Waals surface area (Å²) in [4.78, 5) is 0. The van der Waals surface area contributed by atoms with Gasteiger partial charge in [-0.15, -0.1) is 0 Å². The maximum Gasteiger partial charge on any atom is 0.0490 e. The van der Waals surface area contributed by atoms with Crippen LogP contribution in [0.5, 0.6) is 0 Å². The minimum absolute atomic E-state index is 0.608. The molecule has 0 bridgehead atoms. The summed E-state index contributed by atoms with van der Waals surface area (Å²) in [5.41, 5.74) is 1.35. The largest absolute Gasteiger partial charge is 0.384 e. The first-order valence-corrected chi connectivity index (χ1v) is 5.76. The highest BCUT2D eigenvalue weighted by molar-refractivity contribution is 5.33. The highest BCUT2D eigenvalue weighted by Crippen LogP contribution is 2.17. The second kappa shape index (κ2) is 6.62. The quantitative estimate of drug-likeness (QED) is 0.666. The Morgan fingerprint density at radius 2 is 2.40 bits per heavy atom. The molecule has 0 saturated heterocycles. The van der Waals surface area contributed by atoms with E-state index in [1.54, 1.807) is 7.11 Å². The fourth-order valence-electron chi connectivity index (χ4n) is 1.77. The molecule has 0 aromatic rings. The molecular formula is C14H22O. The fraction of sp³-hybridized carbons (Fsp3) is 0.571. The lowest BCUT2D eigenvalue weighted by Crippen LogP contribution is -2.01. The summed E-state index contributed by atoms with van der Waals surface area (Å²) < 4.78 is 5.10. The van der Waals surface area contributed by atoms with E-state index in [1.807, 2.05) is 0 Å². The number of hydrogen-bond donors (Lipinski definition) is 0. The third kappa shape index (κ3) is 4.98. The van der Waals surface area contributed by atoms with E-state index < -0.39 is 0 Å². The molecule has 0 aliphatic heterocycles. The molecule has 1 aliphatic rings. The maximum atomic E-state index is 5.10. The number of ether oxygens (including phenoxy) is 1. The molecule has 0 aromatic carbocycles. The van der Waals surface area contributed by atoms with Crippen molar-refractivity contribution in [1.29, 1.82) is 0 Å². The number of methoxy groups -OCH3 is 1. The van der Waals surface area contributed by atoms with Crippen molar-refractivity contribution in [2.45, 2.75) is 26.7 Å². The summed E-state index contributed by atoms with van der Waals surface area (Å²) in [5.74, 6) is 1.29. The average Bonchev–Trinajstić information content (AvgIpc) is 2.18. The zero-order valence-corrected chi connectivity index (χ0v) is 10.1. The molecule has 1 unspecified atom stereocenters. The summed E-state index contributed by atoms with van der Waals surface area (Å²) in [6, 6.07) is 0. The van der Waals surface area contributed by atoms with Gasteiger partial charge in [0.1, 0.15) is 0 Å². The number of allylic oxidation sites excluding steroid dienone is 6. The van der Waals surface area contributed by atoms with E-state index in [0.717, 1.165) is 13.0 Å². The number of hydrogen-bond acceptors (Lipinski definition) is 1. The molecule has 0 saturated carbocycles.